The fourth-order valence-corrected chi connectivity index (χ4v) is 4.45. The maximum Gasteiger partial charge on any atom is 0.223 e. The Morgan fingerprint density at radius 2 is 2.00 bits per heavy atom. The number of carbonyl (C=O) groups is 2. The Hall–Kier alpha value is -2.08. The molecule has 3 heterocycles. The molecule has 4 rings (SSSR count). The first kappa shape index (κ1) is 18.3. The molecule has 3 aliphatic heterocycles. The maximum absolute atomic E-state index is 12.8. The average Bonchev–Trinajstić information content (AvgIpc) is 2.83. The quantitative estimate of drug-likeness (QED) is 0.866. The molecule has 3 aliphatic rings. The Labute approximate surface area is 160 Å². The lowest BCUT2D eigenvalue weighted by Gasteiger charge is -2.42. The highest BCUT2D eigenvalue weighted by Gasteiger charge is 2.43. The van der Waals surface area contributed by atoms with Crippen LogP contribution < -0.4 is 10.1 Å². The highest BCUT2D eigenvalue weighted by Crippen LogP contribution is 2.44. The number of ether oxygens (including phenoxy) is 2. The van der Waals surface area contributed by atoms with E-state index in [4.69, 9.17) is 9.47 Å². The predicted molar refractivity (Wildman–Crippen MR) is 100 cm³/mol. The van der Waals surface area contributed by atoms with E-state index >= 15 is 0 Å². The van der Waals surface area contributed by atoms with Gasteiger partial charge in [-0.3, -0.25) is 9.59 Å². The van der Waals surface area contributed by atoms with Crippen molar-refractivity contribution in [2.24, 2.45) is 5.92 Å². The summed E-state index contributed by atoms with van der Waals surface area (Å²) in [5.41, 5.74) is 0.634. The summed E-state index contributed by atoms with van der Waals surface area (Å²) >= 11 is 0. The number of rotatable bonds is 2. The molecule has 0 unspecified atom stereocenters. The van der Waals surface area contributed by atoms with Crippen LogP contribution in [0.2, 0.25) is 0 Å². The van der Waals surface area contributed by atoms with Gasteiger partial charge in [-0.1, -0.05) is 18.2 Å². The van der Waals surface area contributed by atoms with Crippen LogP contribution in [0.4, 0.5) is 0 Å². The standard InChI is InChI=1S/C21H28N2O4/c1-23-11-10-21(9-6-19(23)24)14-17(16-4-2-3-5-18(16)27-21)22-20(25)15-7-12-26-13-8-15/h2-5,15,17H,6-14H2,1H3,(H,22,25)/t17-,21-/m1/s1. The van der Waals surface area contributed by atoms with Crippen LogP contribution in [-0.2, 0) is 14.3 Å². The van der Waals surface area contributed by atoms with E-state index in [0.29, 0.717) is 39.0 Å². The van der Waals surface area contributed by atoms with Crippen LogP contribution in [0.1, 0.15) is 50.1 Å². The lowest BCUT2D eigenvalue weighted by Crippen LogP contribution is -2.47. The number of nitrogens with zero attached hydrogens (tertiary/aromatic N) is 1. The van der Waals surface area contributed by atoms with Gasteiger partial charge in [0.25, 0.3) is 0 Å². The van der Waals surface area contributed by atoms with Gasteiger partial charge in [-0.2, -0.15) is 0 Å². The fraction of sp³-hybridized carbons (Fsp3) is 0.619. The second-order valence-electron chi connectivity index (χ2n) is 8.04. The second kappa shape index (κ2) is 7.50. The molecule has 6 nitrogen and oxygen atoms in total. The summed E-state index contributed by atoms with van der Waals surface area (Å²) in [7, 11) is 1.85. The third kappa shape index (κ3) is 3.81. The molecule has 0 saturated carbocycles. The highest BCUT2D eigenvalue weighted by molar-refractivity contribution is 5.79. The summed E-state index contributed by atoms with van der Waals surface area (Å²) in [6, 6.07) is 7.87. The van der Waals surface area contributed by atoms with Crippen molar-refractivity contribution in [2.45, 2.75) is 50.2 Å². The van der Waals surface area contributed by atoms with Crippen LogP contribution in [0, 0.1) is 5.92 Å². The van der Waals surface area contributed by atoms with Crippen molar-refractivity contribution in [2.75, 3.05) is 26.8 Å². The third-order valence-corrected chi connectivity index (χ3v) is 6.23. The zero-order chi connectivity index (χ0) is 18.9. The van der Waals surface area contributed by atoms with E-state index < -0.39 is 5.60 Å². The maximum atomic E-state index is 12.8. The monoisotopic (exact) mass is 372 g/mol. The Morgan fingerprint density at radius 1 is 1.22 bits per heavy atom. The first-order valence-corrected chi connectivity index (χ1v) is 9.96. The van der Waals surface area contributed by atoms with Crippen LogP contribution in [0.3, 0.4) is 0 Å². The van der Waals surface area contributed by atoms with Crippen molar-refractivity contribution in [3.8, 4) is 5.75 Å². The van der Waals surface area contributed by atoms with E-state index in [1.807, 2.05) is 31.3 Å². The average molecular weight is 372 g/mol. The van der Waals surface area contributed by atoms with Gasteiger partial charge in [0, 0.05) is 57.6 Å². The zero-order valence-corrected chi connectivity index (χ0v) is 15.9. The molecule has 27 heavy (non-hydrogen) atoms. The van der Waals surface area contributed by atoms with E-state index in [2.05, 4.69) is 5.32 Å². The van der Waals surface area contributed by atoms with Crippen LogP contribution in [0.5, 0.6) is 5.75 Å². The molecule has 1 spiro atoms. The van der Waals surface area contributed by atoms with Crippen molar-refractivity contribution >= 4 is 11.8 Å². The summed E-state index contributed by atoms with van der Waals surface area (Å²) < 4.78 is 11.8. The SMILES string of the molecule is CN1CC[C@]2(CCC1=O)C[C@@H](NC(=O)C1CCOCC1)c1ccccc1O2. The van der Waals surface area contributed by atoms with Crippen molar-refractivity contribution in [3.05, 3.63) is 29.8 Å². The van der Waals surface area contributed by atoms with E-state index in [1.54, 1.807) is 4.90 Å². The van der Waals surface area contributed by atoms with Gasteiger partial charge in [0.15, 0.2) is 0 Å². The fourth-order valence-electron chi connectivity index (χ4n) is 4.45. The van der Waals surface area contributed by atoms with Crippen molar-refractivity contribution in [3.63, 3.8) is 0 Å². The lowest BCUT2D eigenvalue weighted by molar-refractivity contribution is -0.130. The van der Waals surface area contributed by atoms with Gasteiger partial charge in [-0.05, 0) is 25.3 Å². The van der Waals surface area contributed by atoms with Crippen LogP contribution >= 0.6 is 0 Å². The molecule has 1 N–H and O–H groups in total. The van der Waals surface area contributed by atoms with E-state index in [9.17, 15) is 9.59 Å². The van der Waals surface area contributed by atoms with Gasteiger partial charge >= 0.3 is 0 Å². The minimum Gasteiger partial charge on any atom is -0.487 e. The number of amides is 2. The number of carbonyl (C=O) groups excluding carboxylic acids is 2. The number of fused-ring (bicyclic) bond motifs is 1. The zero-order valence-electron chi connectivity index (χ0n) is 15.9. The number of hydrogen-bond acceptors (Lipinski definition) is 4. The summed E-state index contributed by atoms with van der Waals surface area (Å²) in [5.74, 6) is 1.12. The largest absolute Gasteiger partial charge is 0.487 e. The second-order valence-corrected chi connectivity index (χ2v) is 8.04. The summed E-state index contributed by atoms with van der Waals surface area (Å²) in [4.78, 5) is 26.8. The Morgan fingerprint density at radius 3 is 2.81 bits per heavy atom. The molecule has 0 bridgehead atoms. The van der Waals surface area contributed by atoms with Gasteiger partial charge < -0.3 is 19.7 Å². The molecule has 6 heteroatoms. The minimum absolute atomic E-state index is 0.0200. The normalized spacial score (nSPS) is 29.0. The Bertz CT molecular complexity index is 716. The van der Waals surface area contributed by atoms with E-state index in [-0.39, 0.29) is 23.8 Å². The predicted octanol–water partition coefficient (Wildman–Crippen LogP) is 2.43. The third-order valence-electron chi connectivity index (χ3n) is 6.23. The number of hydrogen-bond donors (Lipinski definition) is 1. The van der Waals surface area contributed by atoms with Crippen molar-refractivity contribution in [1.82, 2.24) is 10.2 Å². The van der Waals surface area contributed by atoms with Crippen LogP contribution in [-0.4, -0.2) is 49.1 Å². The number of likely N-dealkylation sites (tertiary alicyclic amines) is 1. The molecule has 1 aromatic carbocycles. The first-order valence-electron chi connectivity index (χ1n) is 9.96. The molecular formula is C21H28N2O4. The number of benzene rings is 1. The van der Waals surface area contributed by atoms with Gasteiger partial charge in [0.05, 0.1) is 6.04 Å². The summed E-state index contributed by atoms with van der Waals surface area (Å²) in [6.07, 6.45) is 4.23. The molecule has 2 amide bonds. The summed E-state index contributed by atoms with van der Waals surface area (Å²) in [5, 5.41) is 3.29. The topological polar surface area (TPSA) is 67.9 Å². The first-order chi connectivity index (χ1) is 13.1. The molecule has 1 aromatic rings. The van der Waals surface area contributed by atoms with E-state index in [0.717, 1.165) is 30.6 Å². The Kier molecular flexibility index (Phi) is 5.08. The Balaban J connectivity index is 1.56. The molecule has 146 valence electrons. The lowest BCUT2D eigenvalue weighted by atomic mass is 9.82. The van der Waals surface area contributed by atoms with Crippen LogP contribution in [0.25, 0.3) is 0 Å². The number of nitrogens with one attached hydrogen (secondary N) is 1. The number of para-hydroxylation sites is 1. The van der Waals surface area contributed by atoms with Crippen LogP contribution in [0.15, 0.2) is 24.3 Å². The van der Waals surface area contributed by atoms with Gasteiger partial charge in [0.1, 0.15) is 11.4 Å². The van der Waals surface area contributed by atoms with Gasteiger partial charge in [0.2, 0.25) is 11.8 Å². The molecule has 2 atom stereocenters. The van der Waals surface area contributed by atoms with E-state index in [1.165, 1.54) is 0 Å². The highest BCUT2D eigenvalue weighted by atomic mass is 16.5. The molecular weight excluding hydrogens is 344 g/mol. The van der Waals surface area contributed by atoms with Gasteiger partial charge in [-0.15, -0.1) is 0 Å². The van der Waals surface area contributed by atoms with Crippen molar-refractivity contribution < 1.29 is 19.1 Å². The van der Waals surface area contributed by atoms with Gasteiger partial charge in [-0.25, -0.2) is 0 Å². The minimum atomic E-state index is -0.400. The molecule has 2 saturated heterocycles. The molecule has 0 aromatic heterocycles. The smallest absolute Gasteiger partial charge is 0.223 e. The molecule has 0 aliphatic carbocycles. The summed E-state index contributed by atoms with van der Waals surface area (Å²) in [6.45, 7) is 1.99. The molecule has 2 fully saturated rings. The van der Waals surface area contributed by atoms with Crippen molar-refractivity contribution in [1.29, 1.82) is 0 Å². The molecule has 0 radical (unpaired) electrons.